The summed E-state index contributed by atoms with van der Waals surface area (Å²) in [6.45, 7) is 8.14. The molecular formula is C15H28N4. The van der Waals surface area contributed by atoms with Crippen LogP contribution < -0.4 is 5.73 Å². The topological polar surface area (TPSA) is 56.3 Å². The fourth-order valence-electron chi connectivity index (χ4n) is 3.35. The van der Waals surface area contributed by atoms with Crippen LogP contribution in [0.2, 0.25) is 0 Å². The van der Waals surface area contributed by atoms with Gasteiger partial charge in [-0.05, 0) is 64.7 Å². The fourth-order valence-corrected chi connectivity index (χ4v) is 3.35. The Morgan fingerprint density at radius 3 is 2.68 bits per heavy atom. The minimum atomic E-state index is -0.603. The van der Waals surface area contributed by atoms with Crippen LogP contribution in [0.1, 0.15) is 45.4 Å². The molecule has 2 rings (SSSR count). The quantitative estimate of drug-likeness (QED) is 0.791. The minimum Gasteiger partial charge on any atom is -0.313 e. The summed E-state index contributed by atoms with van der Waals surface area (Å²) in [5.41, 5.74) is 5.42. The van der Waals surface area contributed by atoms with Crippen molar-refractivity contribution in [1.82, 2.24) is 9.80 Å². The summed E-state index contributed by atoms with van der Waals surface area (Å²) in [7, 11) is 0. The molecule has 2 saturated heterocycles. The predicted molar refractivity (Wildman–Crippen MR) is 77.7 cm³/mol. The molecule has 0 amide bonds. The summed E-state index contributed by atoms with van der Waals surface area (Å²) in [4.78, 5) is 5.21. The molecule has 0 saturated carbocycles. The maximum atomic E-state index is 9.07. The van der Waals surface area contributed by atoms with Crippen molar-refractivity contribution in [2.75, 3.05) is 32.7 Å². The number of hydrogen-bond donors (Lipinski definition) is 1. The smallest absolute Gasteiger partial charge is 0.104 e. The number of rotatable bonds is 6. The van der Waals surface area contributed by atoms with Crippen LogP contribution in [-0.4, -0.2) is 54.1 Å². The molecule has 4 heteroatoms. The predicted octanol–water partition coefficient (Wildman–Crippen LogP) is 1.57. The summed E-state index contributed by atoms with van der Waals surface area (Å²) in [5.74, 6) is 0. The molecule has 2 N–H and O–H groups in total. The molecule has 2 aliphatic rings. The van der Waals surface area contributed by atoms with Gasteiger partial charge < -0.3 is 10.6 Å². The van der Waals surface area contributed by atoms with Gasteiger partial charge in [-0.3, -0.25) is 4.90 Å². The molecular weight excluding hydrogens is 236 g/mol. The molecule has 0 spiro atoms. The Bertz CT molecular complexity index is 319. The number of likely N-dealkylation sites (tertiary alicyclic amines) is 2. The van der Waals surface area contributed by atoms with Crippen LogP contribution in [0.4, 0.5) is 0 Å². The molecule has 2 unspecified atom stereocenters. The Morgan fingerprint density at radius 1 is 1.32 bits per heavy atom. The van der Waals surface area contributed by atoms with Crippen LogP contribution in [0.25, 0.3) is 0 Å². The number of nitrogens with zero attached hydrogens (tertiary/aromatic N) is 3. The number of hydrogen-bond acceptors (Lipinski definition) is 4. The normalized spacial score (nSPS) is 28.4. The van der Waals surface area contributed by atoms with Crippen molar-refractivity contribution >= 4 is 0 Å². The standard InChI is InChI=1S/C15H28N4/c1-2-15(17,13-16)7-5-8-18-11-6-14(12-18)19-9-3-4-10-19/h14H,2-12,17H2,1H3. The van der Waals surface area contributed by atoms with Gasteiger partial charge in [-0.25, -0.2) is 0 Å². The third-order valence-corrected chi connectivity index (χ3v) is 4.86. The van der Waals surface area contributed by atoms with Crippen LogP contribution in [0, 0.1) is 11.3 Å². The summed E-state index contributed by atoms with van der Waals surface area (Å²) in [6.07, 6.45) is 6.70. The second kappa shape index (κ2) is 6.69. The monoisotopic (exact) mass is 264 g/mol. The van der Waals surface area contributed by atoms with Crippen LogP contribution in [0.15, 0.2) is 0 Å². The van der Waals surface area contributed by atoms with E-state index < -0.39 is 5.54 Å². The number of nitriles is 1. The molecule has 2 heterocycles. The highest BCUT2D eigenvalue weighted by atomic mass is 15.3. The van der Waals surface area contributed by atoms with Gasteiger partial charge in [0.1, 0.15) is 5.54 Å². The van der Waals surface area contributed by atoms with E-state index in [1.54, 1.807) is 0 Å². The second-order valence-electron chi connectivity index (χ2n) is 6.21. The van der Waals surface area contributed by atoms with Crippen molar-refractivity contribution in [1.29, 1.82) is 5.26 Å². The van der Waals surface area contributed by atoms with Crippen molar-refractivity contribution in [3.8, 4) is 6.07 Å². The lowest BCUT2D eigenvalue weighted by Crippen LogP contribution is -2.38. The van der Waals surface area contributed by atoms with Crippen molar-refractivity contribution in [2.24, 2.45) is 5.73 Å². The first kappa shape index (κ1) is 14.8. The first-order valence-electron chi connectivity index (χ1n) is 7.83. The van der Waals surface area contributed by atoms with Gasteiger partial charge in [0.2, 0.25) is 0 Å². The molecule has 0 bridgehead atoms. The minimum absolute atomic E-state index is 0.603. The Kier molecular flexibility index (Phi) is 5.20. The Labute approximate surface area is 117 Å². The molecule has 19 heavy (non-hydrogen) atoms. The van der Waals surface area contributed by atoms with Gasteiger partial charge in [0.25, 0.3) is 0 Å². The summed E-state index contributed by atoms with van der Waals surface area (Å²) < 4.78 is 0. The van der Waals surface area contributed by atoms with Crippen LogP contribution in [0.3, 0.4) is 0 Å². The van der Waals surface area contributed by atoms with Gasteiger partial charge in [0, 0.05) is 12.6 Å². The van der Waals surface area contributed by atoms with E-state index in [9.17, 15) is 0 Å². The van der Waals surface area contributed by atoms with E-state index in [0.717, 1.165) is 31.8 Å². The second-order valence-corrected chi connectivity index (χ2v) is 6.21. The Balaban J connectivity index is 1.66. The van der Waals surface area contributed by atoms with Crippen molar-refractivity contribution < 1.29 is 0 Å². The van der Waals surface area contributed by atoms with E-state index in [1.165, 1.54) is 45.4 Å². The third kappa shape index (κ3) is 3.92. The zero-order valence-corrected chi connectivity index (χ0v) is 12.3. The molecule has 2 atom stereocenters. The molecule has 2 aliphatic heterocycles. The van der Waals surface area contributed by atoms with Crippen LogP contribution in [0.5, 0.6) is 0 Å². The maximum absolute atomic E-state index is 9.07. The SMILES string of the molecule is CCC(N)(C#N)CCCN1CCC(N2CCCC2)C1. The highest BCUT2D eigenvalue weighted by molar-refractivity contribution is 5.03. The van der Waals surface area contributed by atoms with Crippen molar-refractivity contribution in [3.05, 3.63) is 0 Å². The molecule has 0 aromatic carbocycles. The first-order chi connectivity index (χ1) is 9.17. The molecule has 0 aromatic heterocycles. The summed E-state index contributed by atoms with van der Waals surface area (Å²) in [5, 5.41) is 9.07. The van der Waals surface area contributed by atoms with Gasteiger partial charge >= 0.3 is 0 Å². The van der Waals surface area contributed by atoms with E-state index in [-0.39, 0.29) is 0 Å². The lowest BCUT2D eigenvalue weighted by molar-refractivity contribution is 0.229. The Hall–Kier alpha value is -0.630. The molecule has 0 radical (unpaired) electrons. The maximum Gasteiger partial charge on any atom is 0.104 e. The van der Waals surface area contributed by atoms with Gasteiger partial charge in [-0.2, -0.15) is 5.26 Å². The summed E-state index contributed by atoms with van der Waals surface area (Å²) >= 11 is 0. The highest BCUT2D eigenvalue weighted by Crippen LogP contribution is 2.21. The molecule has 108 valence electrons. The summed E-state index contributed by atoms with van der Waals surface area (Å²) in [6, 6.07) is 3.04. The van der Waals surface area contributed by atoms with E-state index >= 15 is 0 Å². The van der Waals surface area contributed by atoms with Crippen LogP contribution in [-0.2, 0) is 0 Å². The van der Waals surface area contributed by atoms with Crippen molar-refractivity contribution in [3.63, 3.8) is 0 Å². The fraction of sp³-hybridized carbons (Fsp3) is 0.933. The van der Waals surface area contributed by atoms with E-state index in [1.807, 2.05) is 6.92 Å². The van der Waals surface area contributed by atoms with Crippen molar-refractivity contribution in [2.45, 2.75) is 57.0 Å². The Morgan fingerprint density at radius 2 is 2.05 bits per heavy atom. The zero-order valence-electron chi connectivity index (χ0n) is 12.3. The lowest BCUT2D eigenvalue weighted by Gasteiger charge is -2.24. The average molecular weight is 264 g/mol. The van der Waals surface area contributed by atoms with E-state index in [4.69, 9.17) is 11.0 Å². The van der Waals surface area contributed by atoms with Gasteiger partial charge in [0.15, 0.2) is 0 Å². The van der Waals surface area contributed by atoms with E-state index in [0.29, 0.717) is 0 Å². The number of nitrogens with two attached hydrogens (primary N) is 1. The molecule has 0 aliphatic carbocycles. The van der Waals surface area contributed by atoms with Gasteiger partial charge in [0.05, 0.1) is 6.07 Å². The highest BCUT2D eigenvalue weighted by Gasteiger charge is 2.29. The van der Waals surface area contributed by atoms with Crippen LogP contribution >= 0.6 is 0 Å². The van der Waals surface area contributed by atoms with E-state index in [2.05, 4.69) is 15.9 Å². The van der Waals surface area contributed by atoms with Gasteiger partial charge in [-0.15, -0.1) is 0 Å². The molecule has 4 nitrogen and oxygen atoms in total. The molecule has 0 aromatic rings. The lowest BCUT2D eigenvalue weighted by atomic mass is 9.93. The largest absolute Gasteiger partial charge is 0.313 e. The zero-order chi connectivity index (χ0) is 13.7. The average Bonchev–Trinajstić information content (AvgIpc) is 3.09. The third-order valence-electron chi connectivity index (χ3n) is 4.86. The molecule has 2 fully saturated rings. The first-order valence-corrected chi connectivity index (χ1v) is 7.83. The van der Waals surface area contributed by atoms with Gasteiger partial charge in [-0.1, -0.05) is 6.92 Å².